The fourth-order valence-electron chi connectivity index (χ4n) is 1.14. The van der Waals surface area contributed by atoms with Crippen LogP contribution in [0, 0.1) is 5.92 Å². The van der Waals surface area contributed by atoms with Gasteiger partial charge in [-0.05, 0) is 12.3 Å². The zero-order valence-electron chi connectivity index (χ0n) is 5.22. The SMILES string of the molecule is CCC1CNCC1O. The summed E-state index contributed by atoms with van der Waals surface area (Å²) in [5, 5.41) is 12.2. The maximum atomic E-state index is 9.13. The molecule has 0 aromatic heterocycles. The quantitative estimate of drug-likeness (QED) is 0.503. The molecule has 1 rings (SSSR count). The topological polar surface area (TPSA) is 32.3 Å². The van der Waals surface area contributed by atoms with Crippen LogP contribution < -0.4 is 5.32 Å². The van der Waals surface area contributed by atoms with Gasteiger partial charge in [0.1, 0.15) is 0 Å². The van der Waals surface area contributed by atoms with Crippen molar-refractivity contribution in [2.45, 2.75) is 19.4 Å². The Morgan fingerprint density at radius 3 is 2.62 bits per heavy atom. The summed E-state index contributed by atoms with van der Waals surface area (Å²) < 4.78 is 0. The van der Waals surface area contributed by atoms with Crippen LogP contribution in [0.4, 0.5) is 0 Å². The number of rotatable bonds is 1. The average molecular weight is 115 g/mol. The van der Waals surface area contributed by atoms with E-state index in [1.807, 2.05) is 0 Å². The molecule has 0 amide bonds. The number of β-amino-alcohol motifs (C(OH)–C–C–N with tert-alkyl or cyclic N) is 1. The van der Waals surface area contributed by atoms with Crippen molar-refractivity contribution in [3.8, 4) is 0 Å². The van der Waals surface area contributed by atoms with Gasteiger partial charge in [0.05, 0.1) is 6.10 Å². The minimum atomic E-state index is -0.0833. The molecule has 8 heavy (non-hydrogen) atoms. The van der Waals surface area contributed by atoms with Gasteiger partial charge in [-0.3, -0.25) is 0 Å². The molecule has 1 aliphatic heterocycles. The third-order valence-electron chi connectivity index (χ3n) is 1.83. The molecule has 0 aromatic rings. The smallest absolute Gasteiger partial charge is 0.0704 e. The van der Waals surface area contributed by atoms with Gasteiger partial charge < -0.3 is 10.4 Å². The van der Waals surface area contributed by atoms with Gasteiger partial charge in [-0.25, -0.2) is 0 Å². The summed E-state index contributed by atoms with van der Waals surface area (Å²) in [5.74, 6) is 0.509. The summed E-state index contributed by atoms with van der Waals surface area (Å²) in [5.41, 5.74) is 0. The molecule has 0 spiro atoms. The highest BCUT2D eigenvalue weighted by Crippen LogP contribution is 2.11. The van der Waals surface area contributed by atoms with Crippen molar-refractivity contribution in [3.05, 3.63) is 0 Å². The molecule has 2 nitrogen and oxygen atoms in total. The fraction of sp³-hybridized carbons (Fsp3) is 1.00. The lowest BCUT2D eigenvalue weighted by molar-refractivity contribution is 0.145. The Bertz CT molecular complexity index is 74.9. The van der Waals surface area contributed by atoms with Crippen molar-refractivity contribution < 1.29 is 5.11 Å². The van der Waals surface area contributed by atoms with E-state index in [1.165, 1.54) is 0 Å². The largest absolute Gasteiger partial charge is 0.391 e. The van der Waals surface area contributed by atoms with Gasteiger partial charge in [-0.1, -0.05) is 6.92 Å². The number of aliphatic hydroxyl groups is 1. The van der Waals surface area contributed by atoms with Gasteiger partial charge in [0.15, 0.2) is 0 Å². The summed E-state index contributed by atoms with van der Waals surface area (Å²) in [4.78, 5) is 0. The van der Waals surface area contributed by atoms with Crippen LogP contribution in [-0.4, -0.2) is 24.3 Å². The number of nitrogens with one attached hydrogen (secondary N) is 1. The first kappa shape index (κ1) is 6.05. The summed E-state index contributed by atoms with van der Waals surface area (Å²) in [6.07, 6.45) is 1.01. The Balaban J connectivity index is 2.30. The molecule has 1 heterocycles. The van der Waals surface area contributed by atoms with E-state index in [4.69, 9.17) is 5.11 Å². The van der Waals surface area contributed by atoms with Crippen LogP contribution in [0.25, 0.3) is 0 Å². The van der Waals surface area contributed by atoms with Gasteiger partial charge >= 0.3 is 0 Å². The van der Waals surface area contributed by atoms with E-state index < -0.39 is 0 Å². The maximum Gasteiger partial charge on any atom is 0.0704 e. The minimum absolute atomic E-state index is 0.0833. The van der Waals surface area contributed by atoms with E-state index in [1.54, 1.807) is 0 Å². The Labute approximate surface area is 49.9 Å². The lowest BCUT2D eigenvalue weighted by Crippen LogP contribution is -2.16. The predicted molar refractivity (Wildman–Crippen MR) is 32.7 cm³/mol. The molecule has 2 unspecified atom stereocenters. The van der Waals surface area contributed by atoms with Gasteiger partial charge in [0, 0.05) is 13.1 Å². The van der Waals surface area contributed by atoms with Crippen LogP contribution in [0.3, 0.4) is 0 Å². The van der Waals surface area contributed by atoms with Crippen LogP contribution in [-0.2, 0) is 0 Å². The number of hydrogen-bond acceptors (Lipinski definition) is 2. The first-order valence-corrected chi connectivity index (χ1v) is 3.23. The molecule has 0 radical (unpaired) electrons. The highest BCUT2D eigenvalue weighted by Gasteiger charge is 2.22. The molecule has 2 atom stereocenters. The lowest BCUT2D eigenvalue weighted by Gasteiger charge is -2.07. The van der Waals surface area contributed by atoms with Crippen molar-refractivity contribution in [2.24, 2.45) is 5.92 Å². The average Bonchev–Trinajstić information content (AvgIpc) is 2.14. The Morgan fingerprint density at radius 1 is 1.62 bits per heavy atom. The van der Waals surface area contributed by atoms with Crippen LogP contribution in [0.1, 0.15) is 13.3 Å². The molecule has 1 saturated heterocycles. The van der Waals surface area contributed by atoms with Crippen LogP contribution in [0.5, 0.6) is 0 Å². The van der Waals surface area contributed by atoms with E-state index >= 15 is 0 Å². The van der Waals surface area contributed by atoms with Gasteiger partial charge in [0.25, 0.3) is 0 Å². The maximum absolute atomic E-state index is 9.13. The van der Waals surface area contributed by atoms with Gasteiger partial charge in [0.2, 0.25) is 0 Å². The van der Waals surface area contributed by atoms with Crippen molar-refractivity contribution in [1.29, 1.82) is 0 Å². The molecule has 2 N–H and O–H groups in total. The molecule has 2 heteroatoms. The minimum Gasteiger partial charge on any atom is -0.391 e. The monoisotopic (exact) mass is 115 g/mol. The number of hydrogen-bond donors (Lipinski definition) is 2. The molecule has 0 bridgehead atoms. The molecule has 0 aromatic carbocycles. The standard InChI is InChI=1S/C6H13NO/c1-2-5-3-7-4-6(5)8/h5-8H,2-4H2,1H3. The Kier molecular flexibility index (Phi) is 1.86. The Hall–Kier alpha value is -0.0800. The first-order chi connectivity index (χ1) is 3.84. The normalized spacial score (nSPS) is 38.2. The van der Waals surface area contributed by atoms with Crippen LogP contribution in [0.2, 0.25) is 0 Å². The zero-order chi connectivity index (χ0) is 5.98. The van der Waals surface area contributed by atoms with Gasteiger partial charge in [-0.15, -0.1) is 0 Å². The second-order valence-electron chi connectivity index (χ2n) is 2.39. The summed E-state index contributed by atoms with van der Waals surface area (Å²) in [6, 6.07) is 0. The summed E-state index contributed by atoms with van der Waals surface area (Å²) >= 11 is 0. The van der Waals surface area contributed by atoms with E-state index in [0.29, 0.717) is 5.92 Å². The highest BCUT2D eigenvalue weighted by molar-refractivity contribution is 4.78. The van der Waals surface area contributed by atoms with E-state index in [0.717, 1.165) is 19.5 Å². The zero-order valence-corrected chi connectivity index (χ0v) is 5.22. The fourth-order valence-corrected chi connectivity index (χ4v) is 1.14. The molecule has 1 aliphatic rings. The Morgan fingerprint density at radius 2 is 2.38 bits per heavy atom. The molecular weight excluding hydrogens is 102 g/mol. The third kappa shape index (κ3) is 1.01. The van der Waals surface area contributed by atoms with Crippen molar-refractivity contribution in [1.82, 2.24) is 5.32 Å². The van der Waals surface area contributed by atoms with Crippen molar-refractivity contribution >= 4 is 0 Å². The van der Waals surface area contributed by atoms with Gasteiger partial charge in [-0.2, -0.15) is 0 Å². The van der Waals surface area contributed by atoms with Crippen LogP contribution in [0.15, 0.2) is 0 Å². The second-order valence-corrected chi connectivity index (χ2v) is 2.39. The van der Waals surface area contributed by atoms with Crippen molar-refractivity contribution in [2.75, 3.05) is 13.1 Å². The van der Waals surface area contributed by atoms with E-state index in [-0.39, 0.29) is 6.10 Å². The predicted octanol–water partition coefficient (Wildman–Crippen LogP) is -0.0233. The summed E-state index contributed by atoms with van der Waals surface area (Å²) in [7, 11) is 0. The van der Waals surface area contributed by atoms with E-state index in [2.05, 4.69) is 12.2 Å². The third-order valence-corrected chi connectivity index (χ3v) is 1.83. The lowest BCUT2D eigenvalue weighted by atomic mass is 10.0. The molecule has 1 fully saturated rings. The molecule has 0 aliphatic carbocycles. The first-order valence-electron chi connectivity index (χ1n) is 3.23. The van der Waals surface area contributed by atoms with Crippen molar-refractivity contribution in [3.63, 3.8) is 0 Å². The molecule has 48 valence electrons. The second kappa shape index (κ2) is 2.46. The highest BCUT2D eigenvalue weighted by atomic mass is 16.3. The molecule has 0 saturated carbocycles. The van der Waals surface area contributed by atoms with Crippen LogP contribution >= 0.6 is 0 Å². The summed E-state index contributed by atoms with van der Waals surface area (Å²) in [6.45, 7) is 3.90. The number of aliphatic hydroxyl groups excluding tert-OH is 1. The van der Waals surface area contributed by atoms with E-state index in [9.17, 15) is 0 Å². The molecular formula is C6H13NO.